The van der Waals surface area contributed by atoms with Crippen molar-refractivity contribution in [1.29, 1.82) is 0 Å². The summed E-state index contributed by atoms with van der Waals surface area (Å²) in [5, 5.41) is 13.4. The highest BCUT2D eigenvalue weighted by Gasteiger charge is 2.22. The lowest BCUT2D eigenvalue weighted by atomic mass is 10.3. The molecule has 0 bridgehead atoms. The minimum absolute atomic E-state index is 0.0190. The van der Waals surface area contributed by atoms with E-state index in [4.69, 9.17) is 4.74 Å². The summed E-state index contributed by atoms with van der Waals surface area (Å²) in [7, 11) is 0. The summed E-state index contributed by atoms with van der Waals surface area (Å²) < 4.78 is 5.60. The topological polar surface area (TPSA) is 87.7 Å². The van der Waals surface area contributed by atoms with Crippen LogP contribution in [0.1, 0.15) is 6.92 Å². The molecule has 1 aliphatic heterocycles. The molecule has 1 aromatic carbocycles. The highest BCUT2D eigenvalue weighted by Crippen LogP contribution is 2.23. The predicted octanol–water partition coefficient (Wildman–Crippen LogP) is 2.89. The van der Waals surface area contributed by atoms with Gasteiger partial charge in [-0.1, -0.05) is 6.07 Å². The van der Waals surface area contributed by atoms with Gasteiger partial charge in [0.25, 0.3) is 5.91 Å². The van der Waals surface area contributed by atoms with Gasteiger partial charge in [-0.05, 0) is 47.8 Å². The Morgan fingerprint density at radius 2 is 1.81 bits per heavy atom. The van der Waals surface area contributed by atoms with Gasteiger partial charge in [-0.2, -0.15) is 0 Å². The summed E-state index contributed by atoms with van der Waals surface area (Å²) in [6.07, 6.45) is 0. The average molecular weight is 438 g/mol. The van der Waals surface area contributed by atoms with Crippen molar-refractivity contribution in [3.8, 4) is 16.3 Å². The number of nitrogens with one attached hydrogen (secondary N) is 1. The fraction of sp³-hybridized carbons (Fsp3) is 0.273. The van der Waals surface area contributed by atoms with Crippen molar-refractivity contribution < 1.29 is 14.3 Å². The van der Waals surface area contributed by atoms with Gasteiger partial charge >= 0.3 is 0 Å². The smallest absolute Gasteiger partial charge is 0.260 e. The third-order valence-electron chi connectivity index (χ3n) is 4.92. The molecule has 160 valence electrons. The van der Waals surface area contributed by atoms with Crippen LogP contribution in [0.5, 0.6) is 5.75 Å². The summed E-state index contributed by atoms with van der Waals surface area (Å²) >= 11 is 1.64. The lowest BCUT2D eigenvalue weighted by Crippen LogP contribution is -2.50. The van der Waals surface area contributed by atoms with Crippen LogP contribution in [0.3, 0.4) is 0 Å². The van der Waals surface area contributed by atoms with Crippen molar-refractivity contribution in [2.24, 2.45) is 0 Å². The summed E-state index contributed by atoms with van der Waals surface area (Å²) in [5.74, 6) is 1.22. The van der Waals surface area contributed by atoms with Crippen LogP contribution in [-0.4, -0.2) is 59.7 Å². The van der Waals surface area contributed by atoms with Crippen LogP contribution in [0.2, 0.25) is 0 Å². The van der Waals surface area contributed by atoms with Crippen molar-refractivity contribution in [2.45, 2.75) is 6.92 Å². The summed E-state index contributed by atoms with van der Waals surface area (Å²) in [4.78, 5) is 28.6. The molecule has 0 atom stereocenters. The maximum absolute atomic E-state index is 12.5. The molecule has 1 N–H and O–H groups in total. The second-order valence-corrected chi connectivity index (χ2v) is 8.06. The highest BCUT2D eigenvalue weighted by atomic mass is 32.1. The van der Waals surface area contributed by atoms with Gasteiger partial charge in [0.2, 0.25) is 5.91 Å². The zero-order valence-corrected chi connectivity index (χ0v) is 18.0. The molecule has 1 fully saturated rings. The van der Waals surface area contributed by atoms with Crippen LogP contribution >= 0.6 is 11.3 Å². The molecule has 0 radical (unpaired) electrons. The van der Waals surface area contributed by atoms with Crippen LogP contribution in [0.4, 0.5) is 11.5 Å². The molecule has 31 heavy (non-hydrogen) atoms. The molecule has 0 unspecified atom stereocenters. The molecule has 8 nitrogen and oxygen atoms in total. The molecule has 0 saturated carbocycles. The molecule has 1 saturated heterocycles. The molecule has 2 amide bonds. The maximum Gasteiger partial charge on any atom is 0.260 e. The first-order valence-corrected chi connectivity index (χ1v) is 10.9. The van der Waals surface area contributed by atoms with Crippen LogP contribution in [0, 0.1) is 0 Å². The molecule has 3 aromatic rings. The van der Waals surface area contributed by atoms with Crippen LogP contribution < -0.4 is 15.0 Å². The first-order chi connectivity index (χ1) is 15.1. The molecular formula is C22H23N5O3S. The van der Waals surface area contributed by atoms with Gasteiger partial charge in [-0.3, -0.25) is 9.59 Å². The van der Waals surface area contributed by atoms with Crippen molar-refractivity contribution in [3.63, 3.8) is 0 Å². The number of aromatic nitrogens is 2. The fourth-order valence-corrected chi connectivity index (χ4v) is 4.00. The third-order valence-corrected chi connectivity index (χ3v) is 5.81. The van der Waals surface area contributed by atoms with Crippen molar-refractivity contribution in [1.82, 2.24) is 15.1 Å². The number of ether oxygens (including phenoxy) is 1. The maximum atomic E-state index is 12.5. The normalized spacial score (nSPS) is 13.7. The van der Waals surface area contributed by atoms with Crippen molar-refractivity contribution in [3.05, 3.63) is 53.9 Å². The van der Waals surface area contributed by atoms with E-state index in [0.29, 0.717) is 37.6 Å². The minimum atomic E-state index is -0.132. The van der Waals surface area contributed by atoms with E-state index >= 15 is 0 Å². The van der Waals surface area contributed by atoms with Crippen molar-refractivity contribution >= 4 is 34.7 Å². The second kappa shape index (κ2) is 9.57. The van der Waals surface area contributed by atoms with E-state index in [1.807, 2.05) is 29.6 Å². The van der Waals surface area contributed by atoms with E-state index in [0.717, 1.165) is 16.4 Å². The Bertz CT molecular complexity index is 1010. The zero-order valence-electron chi connectivity index (χ0n) is 17.2. The molecule has 9 heteroatoms. The van der Waals surface area contributed by atoms with E-state index in [1.165, 1.54) is 6.92 Å². The monoisotopic (exact) mass is 437 g/mol. The highest BCUT2D eigenvalue weighted by molar-refractivity contribution is 7.13. The Hall–Kier alpha value is -3.46. The lowest BCUT2D eigenvalue weighted by Gasteiger charge is -2.35. The minimum Gasteiger partial charge on any atom is -0.484 e. The summed E-state index contributed by atoms with van der Waals surface area (Å²) in [6, 6.07) is 14.9. The predicted molar refractivity (Wildman–Crippen MR) is 120 cm³/mol. The van der Waals surface area contributed by atoms with Gasteiger partial charge in [-0.25, -0.2) is 0 Å². The Kier molecular flexibility index (Phi) is 6.42. The van der Waals surface area contributed by atoms with Gasteiger partial charge in [0.1, 0.15) is 11.4 Å². The number of carbonyl (C=O) groups is 2. The van der Waals surface area contributed by atoms with Gasteiger partial charge in [-0.15, -0.1) is 21.5 Å². The second-order valence-electron chi connectivity index (χ2n) is 7.12. The number of anilines is 2. The first-order valence-electron chi connectivity index (χ1n) is 9.99. The van der Waals surface area contributed by atoms with Crippen LogP contribution in [0.15, 0.2) is 53.9 Å². The number of carbonyl (C=O) groups excluding carboxylic acids is 2. The summed E-state index contributed by atoms with van der Waals surface area (Å²) in [6.45, 7) is 4.05. The Labute approximate surface area is 184 Å². The van der Waals surface area contributed by atoms with Gasteiger partial charge < -0.3 is 19.9 Å². The van der Waals surface area contributed by atoms with E-state index in [9.17, 15) is 9.59 Å². The van der Waals surface area contributed by atoms with E-state index < -0.39 is 0 Å². The Morgan fingerprint density at radius 1 is 1.03 bits per heavy atom. The Morgan fingerprint density at radius 3 is 2.42 bits per heavy atom. The molecule has 2 aromatic heterocycles. The SMILES string of the molecule is CC(=O)Nc1ccc(OCC(=O)N2CCN(c3ccc(-c4cccs4)nn3)CC2)cc1. The number of hydrogen-bond acceptors (Lipinski definition) is 7. The number of benzene rings is 1. The fourth-order valence-electron chi connectivity index (χ4n) is 3.31. The lowest BCUT2D eigenvalue weighted by molar-refractivity contribution is -0.133. The van der Waals surface area contributed by atoms with Crippen molar-refractivity contribution in [2.75, 3.05) is 43.0 Å². The number of nitrogens with zero attached hydrogens (tertiary/aromatic N) is 4. The van der Waals surface area contributed by atoms with Gasteiger partial charge in [0.15, 0.2) is 12.4 Å². The number of thiophene rings is 1. The number of hydrogen-bond donors (Lipinski definition) is 1. The third kappa shape index (κ3) is 5.37. The first kappa shape index (κ1) is 20.8. The molecular weight excluding hydrogens is 414 g/mol. The van der Waals surface area contributed by atoms with E-state index in [1.54, 1.807) is 40.5 Å². The molecule has 3 heterocycles. The number of rotatable bonds is 6. The van der Waals surface area contributed by atoms with Crippen LogP contribution in [0.25, 0.3) is 10.6 Å². The standard InChI is InChI=1S/C22H23N5O3S/c1-16(28)23-17-4-6-18(7-5-17)30-15-22(29)27-12-10-26(11-13-27)21-9-8-19(24-25-21)20-3-2-14-31-20/h2-9,14H,10-13,15H2,1H3,(H,23,28). The molecule has 0 spiro atoms. The van der Waals surface area contributed by atoms with E-state index in [-0.39, 0.29) is 18.4 Å². The molecule has 4 rings (SSSR count). The van der Waals surface area contributed by atoms with Gasteiger partial charge in [0.05, 0.1) is 4.88 Å². The largest absolute Gasteiger partial charge is 0.484 e. The zero-order chi connectivity index (χ0) is 21.6. The quantitative estimate of drug-likeness (QED) is 0.638. The average Bonchev–Trinajstić information content (AvgIpc) is 3.33. The molecule has 0 aliphatic carbocycles. The molecule has 1 aliphatic rings. The summed E-state index contributed by atoms with van der Waals surface area (Å²) in [5.41, 5.74) is 1.56. The van der Waals surface area contributed by atoms with Gasteiger partial charge in [0, 0.05) is 38.8 Å². The number of piperazine rings is 1. The number of amides is 2. The Balaban J connectivity index is 1.24. The van der Waals surface area contributed by atoms with E-state index in [2.05, 4.69) is 20.4 Å². The van der Waals surface area contributed by atoms with Crippen LogP contribution in [-0.2, 0) is 9.59 Å².